The van der Waals surface area contributed by atoms with E-state index in [4.69, 9.17) is 10.5 Å². The van der Waals surface area contributed by atoms with E-state index >= 15 is 0 Å². The molecule has 0 aliphatic rings. The van der Waals surface area contributed by atoms with E-state index < -0.39 is 0 Å². The first kappa shape index (κ1) is 13.6. The third kappa shape index (κ3) is 2.73. The summed E-state index contributed by atoms with van der Waals surface area (Å²) in [6.45, 7) is 4.53. The lowest BCUT2D eigenvalue weighted by Crippen LogP contribution is -1.99. The normalized spacial score (nSPS) is 10.8. The Morgan fingerprint density at radius 3 is 2.62 bits per heavy atom. The van der Waals surface area contributed by atoms with Crippen molar-refractivity contribution in [2.75, 3.05) is 0 Å². The zero-order chi connectivity index (χ0) is 14.8. The van der Waals surface area contributed by atoms with Crippen LogP contribution in [0.5, 0.6) is 11.6 Å². The van der Waals surface area contributed by atoms with Crippen molar-refractivity contribution in [2.45, 2.75) is 20.4 Å². The van der Waals surface area contributed by atoms with Gasteiger partial charge in [0.2, 0.25) is 5.88 Å². The monoisotopic (exact) mass is 278 g/mol. The Bertz CT molecular complexity index is 796. The molecule has 0 bridgehead atoms. The van der Waals surface area contributed by atoms with Crippen LogP contribution in [0.4, 0.5) is 0 Å². The Morgan fingerprint density at radius 1 is 1.00 bits per heavy atom. The van der Waals surface area contributed by atoms with E-state index in [0.29, 0.717) is 12.4 Å². The predicted octanol–water partition coefficient (Wildman–Crippen LogP) is 4.10. The summed E-state index contributed by atoms with van der Waals surface area (Å²) in [5.41, 5.74) is 9.77. The minimum Gasteiger partial charge on any atom is -0.438 e. The highest BCUT2D eigenvalue weighted by molar-refractivity contribution is 5.80. The lowest BCUT2D eigenvalue weighted by Gasteiger charge is -2.12. The summed E-state index contributed by atoms with van der Waals surface area (Å²) in [5.74, 6) is 1.45. The number of aromatic nitrogens is 1. The first-order chi connectivity index (χ1) is 10.2. The molecular formula is C18H18N2O. The van der Waals surface area contributed by atoms with E-state index in [1.54, 1.807) is 0 Å². The molecule has 0 amide bonds. The highest BCUT2D eigenvalue weighted by Gasteiger charge is 2.08. The number of hydrogen-bond donors (Lipinski definition) is 1. The van der Waals surface area contributed by atoms with Crippen molar-refractivity contribution >= 4 is 10.9 Å². The summed E-state index contributed by atoms with van der Waals surface area (Å²) in [6, 6.07) is 16.2. The van der Waals surface area contributed by atoms with Gasteiger partial charge in [-0.2, -0.15) is 0 Å². The average molecular weight is 278 g/mol. The van der Waals surface area contributed by atoms with Crippen LogP contribution < -0.4 is 10.5 Å². The van der Waals surface area contributed by atoms with E-state index in [1.807, 2.05) is 50.2 Å². The van der Waals surface area contributed by atoms with Crippen LogP contribution in [0, 0.1) is 13.8 Å². The third-order valence-corrected chi connectivity index (χ3v) is 3.56. The Kier molecular flexibility index (Phi) is 3.59. The van der Waals surface area contributed by atoms with E-state index in [-0.39, 0.29) is 0 Å². The van der Waals surface area contributed by atoms with Crippen LogP contribution in [-0.4, -0.2) is 4.98 Å². The summed E-state index contributed by atoms with van der Waals surface area (Å²) in [4.78, 5) is 4.61. The van der Waals surface area contributed by atoms with Gasteiger partial charge in [-0.1, -0.05) is 30.3 Å². The Labute approximate surface area is 124 Å². The molecule has 3 rings (SSSR count). The molecule has 0 fully saturated rings. The van der Waals surface area contributed by atoms with Crippen LogP contribution in [0.15, 0.2) is 48.5 Å². The van der Waals surface area contributed by atoms with Crippen LogP contribution in [-0.2, 0) is 6.54 Å². The zero-order valence-corrected chi connectivity index (χ0v) is 12.3. The van der Waals surface area contributed by atoms with Gasteiger partial charge in [-0.3, -0.25) is 0 Å². The second-order valence-corrected chi connectivity index (χ2v) is 5.21. The number of nitrogens with zero attached hydrogens (tertiary/aromatic N) is 1. The number of pyridine rings is 1. The van der Waals surface area contributed by atoms with Crippen molar-refractivity contribution in [3.8, 4) is 11.6 Å². The van der Waals surface area contributed by atoms with Gasteiger partial charge in [-0.25, -0.2) is 4.98 Å². The molecule has 0 aliphatic carbocycles. The number of nitrogens with two attached hydrogens (primary N) is 1. The van der Waals surface area contributed by atoms with E-state index in [2.05, 4.69) is 17.1 Å². The molecule has 1 aromatic heterocycles. The first-order valence-electron chi connectivity index (χ1n) is 7.01. The molecule has 2 aromatic carbocycles. The van der Waals surface area contributed by atoms with Gasteiger partial charge in [-0.05, 0) is 43.2 Å². The summed E-state index contributed by atoms with van der Waals surface area (Å²) < 4.78 is 6.02. The van der Waals surface area contributed by atoms with Crippen molar-refractivity contribution in [3.63, 3.8) is 0 Å². The predicted molar refractivity (Wildman–Crippen MR) is 85.6 cm³/mol. The molecule has 0 spiro atoms. The first-order valence-corrected chi connectivity index (χ1v) is 7.01. The largest absolute Gasteiger partial charge is 0.438 e. The molecular weight excluding hydrogens is 260 g/mol. The highest BCUT2D eigenvalue weighted by atomic mass is 16.5. The quantitative estimate of drug-likeness (QED) is 0.784. The zero-order valence-electron chi connectivity index (χ0n) is 12.3. The van der Waals surface area contributed by atoms with E-state index in [9.17, 15) is 0 Å². The van der Waals surface area contributed by atoms with Crippen molar-refractivity contribution in [2.24, 2.45) is 5.73 Å². The number of fused-ring (bicyclic) bond motifs is 1. The number of benzene rings is 2. The fraction of sp³-hybridized carbons (Fsp3) is 0.167. The summed E-state index contributed by atoms with van der Waals surface area (Å²) in [6.07, 6.45) is 0. The SMILES string of the molecule is Cc1ccc(CN)cc1Oc1nc2ccccc2cc1C. The minimum atomic E-state index is 0.501. The molecule has 0 saturated heterocycles. The molecule has 21 heavy (non-hydrogen) atoms. The molecule has 1 heterocycles. The fourth-order valence-electron chi connectivity index (χ4n) is 2.29. The fourth-order valence-corrected chi connectivity index (χ4v) is 2.29. The molecule has 3 nitrogen and oxygen atoms in total. The molecule has 0 saturated carbocycles. The van der Waals surface area contributed by atoms with Crippen LogP contribution in [0.2, 0.25) is 0 Å². The number of aryl methyl sites for hydroxylation is 2. The molecule has 0 aliphatic heterocycles. The van der Waals surface area contributed by atoms with Crippen molar-refractivity contribution in [1.82, 2.24) is 4.98 Å². The topological polar surface area (TPSA) is 48.1 Å². The van der Waals surface area contributed by atoms with Gasteiger partial charge in [0.1, 0.15) is 5.75 Å². The van der Waals surface area contributed by atoms with Crippen molar-refractivity contribution in [3.05, 3.63) is 65.2 Å². The van der Waals surface area contributed by atoms with Gasteiger partial charge in [0.15, 0.2) is 0 Å². The number of rotatable bonds is 3. The number of hydrogen-bond acceptors (Lipinski definition) is 3. The standard InChI is InChI=1S/C18H18N2O/c1-12-7-8-14(11-19)10-17(12)21-18-13(2)9-15-5-3-4-6-16(15)20-18/h3-10H,11,19H2,1-2H3. The Morgan fingerprint density at radius 2 is 1.81 bits per heavy atom. The molecule has 106 valence electrons. The molecule has 0 radical (unpaired) electrons. The Hall–Kier alpha value is -2.39. The molecule has 0 unspecified atom stereocenters. The lowest BCUT2D eigenvalue weighted by atomic mass is 10.1. The van der Waals surface area contributed by atoms with Gasteiger partial charge >= 0.3 is 0 Å². The van der Waals surface area contributed by atoms with Gasteiger partial charge in [-0.15, -0.1) is 0 Å². The summed E-state index contributed by atoms with van der Waals surface area (Å²) in [7, 11) is 0. The second kappa shape index (κ2) is 5.54. The molecule has 2 N–H and O–H groups in total. The highest BCUT2D eigenvalue weighted by Crippen LogP contribution is 2.29. The Balaban J connectivity index is 2.03. The van der Waals surface area contributed by atoms with Crippen LogP contribution >= 0.6 is 0 Å². The summed E-state index contributed by atoms with van der Waals surface area (Å²) in [5, 5.41) is 1.12. The van der Waals surface area contributed by atoms with Gasteiger partial charge < -0.3 is 10.5 Å². The maximum Gasteiger partial charge on any atom is 0.222 e. The van der Waals surface area contributed by atoms with Gasteiger partial charge in [0.25, 0.3) is 0 Å². The van der Waals surface area contributed by atoms with Crippen LogP contribution in [0.25, 0.3) is 10.9 Å². The molecule has 0 atom stereocenters. The second-order valence-electron chi connectivity index (χ2n) is 5.21. The van der Waals surface area contributed by atoms with E-state index in [1.165, 1.54) is 0 Å². The third-order valence-electron chi connectivity index (χ3n) is 3.56. The van der Waals surface area contributed by atoms with Crippen molar-refractivity contribution in [1.29, 1.82) is 0 Å². The maximum atomic E-state index is 6.02. The molecule has 3 aromatic rings. The lowest BCUT2D eigenvalue weighted by molar-refractivity contribution is 0.457. The summed E-state index contributed by atoms with van der Waals surface area (Å²) >= 11 is 0. The average Bonchev–Trinajstić information content (AvgIpc) is 2.50. The van der Waals surface area contributed by atoms with Crippen LogP contribution in [0.3, 0.4) is 0 Å². The van der Waals surface area contributed by atoms with Gasteiger partial charge in [0.05, 0.1) is 5.52 Å². The van der Waals surface area contributed by atoms with Gasteiger partial charge in [0, 0.05) is 17.5 Å². The minimum absolute atomic E-state index is 0.501. The smallest absolute Gasteiger partial charge is 0.222 e. The van der Waals surface area contributed by atoms with E-state index in [0.717, 1.165) is 33.3 Å². The molecule has 3 heteroatoms. The van der Waals surface area contributed by atoms with Crippen LogP contribution in [0.1, 0.15) is 16.7 Å². The maximum absolute atomic E-state index is 6.02. The number of para-hydroxylation sites is 1. The number of ether oxygens (including phenoxy) is 1. The van der Waals surface area contributed by atoms with Crippen molar-refractivity contribution < 1.29 is 4.74 Å².